The molecule has 2 rings (SSSR count). The van der Waals surface area contributed by atoms with E-state index in [0.29, 0.717) is 0 Å². The average Bonchev–Trinajstić information content (AvgIpc) is 2.53. The molecule has 0 aliphatic rings. The van der Waals surface area contributed by atoms with Crippen molar-refractivity contribution in [3.8, 4) is 11.5 Å². The molecule has 0 aromatic heterocycles. The summed E-state index contributed by atoms with van der Waals surface area (Å²) >= 11 is 0. The number of nitrogens with one attached hydrogen (secondary N) is 1. The highest BCUT2D eigenvalue weighted by atomic mass is 19.4. The number of halogens is 6. The summed E-state index contributed by atoms with van der Waals surface area (Å²) in [4.78, 5) is 11.7. The van der Waals surface area contributed by atoms with Crippen molar-refractivity contribution >= 4 is 11.6 Å². The second-order valence-electron chi connectivity index (χ2n) is 4.93. The Balaban J connectivity index is 1.85. The lowest BCUT2D eigenvalue weighted by atomic mass is 10.2. The second-order valence-corrected chi connectivity index (χ2v) is 4.93. The fourth-order valence-corrected chi connectivity index (χ4v) is 1.83. The first-order chi connectivity index (χ1) is 12.0. The molecule has 0 atom stereocenters. The molecule has 0 bridgehead atoms. The molecule has 0 saturated heterocycles. The largest absolute Gasteiger partial charge is 0.573 e. The number of ether oxygens (including phenoxy) is 2. The Morgan fingerprint density at radius 1 is 0.846 bits per heavy atom. The minimum absolute atomic E-state index is 0.0575. The minimum atomic E-state index is -4.82. The van der Waals surface area contributed by atoms with E-state index in [4.69, 9.17) is 4.74 Å². The first kappa shape index (κ1) is 19.4. The molecule has 0 saturated carbocycles. The van der Waals surface area contributed by atoms with Crippen LogP contribution in [0.3, 0.4) is 0 Å². The summed E-state index contributed by atoms with van der Waals surface area (Å²) in [6, 6.07) is 8.17. The molecule has 1 N–H and O–H groups in total. The van der Waals surface area contributed by atoms with E-state index < -0.39 is 36.4 Å². The molecule has 2 aromatic carbocycles. The van der Waals surface area contributed by atoms with Gasteiger partial charge >= 0.3 is 12.5 Å². The number of alkyl halides is 6. The van der Waals surface area contributed by atoms with Crippen LogP contribution in [0.5, 0.6) is 11.5 Å². The molecule has 2 aromatic rings. The third-order valence-corrected chi connectivity index (χ3v) is 2.92. The summed E-state index contributed by atoms with van der Waals surface area (Å²) in [7, 11) is 0. The first-order valence-electron chi connectivity index (χ1n) is 6.99. The number of anilines is 1. The van der Waals surface area contributed by atoms with E-state index in [0.717, 1.165) is 36.4 Å². The Labute approximate surface area is 143 Å². The van der Waals surface area contributed by atoms with Crippen LogP contribution in [-0.2, 0) is 11.0 Å². The molecule has 0 aliphatic carbocycles. The van der Waals surface area contributed by atoms with Crippen molar-refractivity contribution in [3.05, 3.63) is 54.1 Å². The predicted molar refractivity (Wildman–Crippen MR) is 78.7 cm³/mol. The highest BCUT2D eigenvalue weighted by Crippen LogP contribution is 2.30. The van der Waals surface area contributed by atoms with Crippen molar-refractivity contribution in [3.63, 3.8) is 0 Å². The predicted octanol–water partition coefficient (Wildman–Crippen LogP) is 4.62. The lowest BCUT2D eigenvalue weighted by Crippen LogP contribution is -2.20. The van der Waals surface area contributed by atoms with E-state index in [2.05, 4.69) is 10.1 Å². The molecular weight excluding hydrogens is 368 g/mol. The number of hydrogen-bond acceptors (Lipinski definition) is 3. The van der Waals surface area contributed by atoms with Gasteiger partial charge in [0.2, 0.25) is 0 Å². The van der Waals surface area contributed by atoms with E-state index in [1.165, 1.54) is 12.1 Å². The van der Waals surface area contributed by atoms with Gasteiger partial charge in [-0.2, -0.15) is 13.2 Å². The summed E-state index contributed by atoms with van der Waals surface area (Å²) < 4.78 is 82.1. The topological polar surface area (TPSA) is 47.6 Å². The summed E-state index contributed by atoms with van der Waals surface area (Å²) in [5.74, 6) is -1.03. The van der Waals surface area contributed by atoms with Crippen molar-refractivity contribution in [1.82, 2.24) is 0 Å². The van der Waals surface area contributed by atoms with Gasteiger partial charge in [-0.3, -0.25) is 4.79 Å². The molecule has 4 nitrogen and oxygen atoms in total. The maximum absolute atomic E-state index is 12.4. The van der Waals surface area contributed by atoms with Gasteiger partial charge in [0, 0.05) is 5.69 Å². The lowest BCUT2D eigenvalue weighted by molar-refractivity contribution is -0.274. The number of rotatable bonds is 5. The van der Waals surface area contributed by atoms with E-state index >= 15 is 0 Å². The van der Waals surface area contributed by atoms with Gasteiger partial charge in [0.1, 0.15) is 11.5 Å². The van der Waals surface area contributed by atoms with Crippen LogP contribution in [0.25, 0.3) is 0 Å². The highest BCUT2D eigenvalue weighted by Gasteiger charge is 2.31. The molecule has 0 aliphatic heterocycles. The Morgan fingerprint density at radius 2 is 1.38 bits per heavy atom. The Bertz CT molecular complexity index is 739. The molecule has 0 radical (unpaired) electrons. The Kier molecular flexibility index (Phi) is 5.63. The van der Waals surface area contributed by atoms with Crippen molar-refractivity contribution in [2.24, 2.45) is 0 Å². The van der Waals surface area contributed by atoms with Gasteiger partial charge < -0.3 is 14.8 Å². The van der Waals surface area contributed by atoms with Crippen LogP contribution in [-0.4, -0.2) is 18.9 Å². The van der Waals surface area contributed by atoms with Crippen molar-refractivity contribution in [2.75, 3.05) is 11.9 Å². The second kappa shape index (κ2) is 7.54. The Hall–Kier alpha value is -2.91. The third-order valence-electron chi connectivity index (χ3n) is 2.92. The molecule has 0 fully saturated rings. The highest BCUT2D eigenvalue weighted by molar-refractivity contribution is 5.91. The van der Waals surface area contributed by atoms with Gasteiger partial charge in [-0.15, -0.1) is 13.2 Å². The van der Waals surface area contributed by atoms with Crippen LogP contribution >= 0.6 is 0 Å². The van der Waals surface area contributed by atoms with Gasteiger partial charge in [-0.25, -0.2) is 0 Å². The van der Waals surface area contributed by atoms with Crippen LogP contribution in [0.15, 0.2) is 48.5 Å². The standard InChI is InChI=1S/C16H11F6NO3/c17-15(18,19)10-1-5-12(6-2-10)25-9-14(24)23-11-3-7-13(8-4-11)26-16(20,21)22/h1-8H,9H2,(H,23,24). The SMILES string of the molecule is O=C(COc1ccc(C(F)(F)F)cc1)Nc1ccc(OC(F)(F)F)cc1. The number of benzene rings is 2. The number of amides is 1. The smallest absolute Gasteiger partial charge is 0.484 e. The van der Waals surface area contributed by atoms with Gasteiger partial charge in [0.25, 0.3) is 5.91 Å². The van der Waals surface area contributed by atoms with Gasteiger partial charge in [0.15, 0.2) is 6.61 Å². The molecule has 1 amide bonds. The van der Waals surface area contributed by atoms with Crippen molar-refractivity contribution in [1.29, 1.82) is 0 Å². The molecule has 0 heterocycles. The molecule has 26 heavy (non-hydrogen) atoms. The quantitative estimate of drug-likeness (QED) is 0.772. The van der Waals surface area contributed by atoms with Gasteiger partial charge in [-0.1, -0.05) is 0 Å². The fourth-order valence-electron chi connectivity index (χ4n) is 1.83. The van der Waals surface area contributed by atoms with Crippen molar-refractivity contribution in [2.45, 2.75) is 12.5 Å². The summed E-state index contributed by atoms with van der Waals surface area (Å²) in [6.45, 7) is -0.494. The summed E-state index contributed by atoms with van der Waals surface area (Å²) in [5, 5.41) is 2.36. The maximum Gasteiger partial charge on any atom is 0.573 e. The lowest BCUT2D eigenvalue weighted by Gasteiger charge is -2.11. The van der Waals surface area contributed by atoms with Gasteiger partial charge in [-0.05, 0) is 48.5 Å². The Morgan fingerprint density at radius 3 is 1.88 bits per heavy atom. The van der Waals surface area contributed by atoms with Crippen LogP contribution in [0.4, 0.5) is 32.0 Å². The van der Waals surface area contributed by atoms with Crippen LogP contribution in [0.1, 0.15) is 5.56 Å². The van der Waals surface area contributed by atoms with E-state index in [9.17, 15) is 31.1 Å². The van der Waals surface area contributed by atoms with E-state index in [-0.39, 0.29) is 11.4 Å². The van der Waals surface area contributed by atoms with Gasteiger partial charge in [0.05, 0.1) is 5.56 Å². The molecule has 10 heteroatoms. The number of hydrogen-bond donors (Lipinski definition) is 1. The average molecular weight is 379 g/mol. The van der Waals surface area contributed by atoms with Crippen LogP contribution in [0.2, 0.25) is 0 Å². The van der Waals surface area contributed by atoms with Crippen LogP contribution < -0.4 is 14.8 Å². The summed E-state index contributed by atoms with van der Waals surface area (Å²) in [6.07, 6.45) is -9.29. The first-order valence-corrected chi connectivity index (χ1v) is 6.99. The molecule has 0 unspecified atom stereocenters. The summed E-state index contributed by atoms with van der Waals surface area (Å²) in [5.41, 5.74) is -0.656. The zero-order valence-corrected chi connectivity index (χ0v) is 12.8. The molecule has 0 spiro atoms. The normalized spacial score (nSPS) is 11.8. The molecular formula is C16H11F6NO3. The third kappa shape index (κ3) is 6.19. The zero-order chi connectivity index (χ0) is 19.4. The minimum Gasteiger partial charge on any atom is -0.484 e. The van der Waals surface area contributed by atoms with Crippen molar-refractivity contribution < 1.29 is 40.6 Å². The maximum atomic E-state index is 12.4. The fraction of sp³-hybridized carbons (Fsp3) is 0.188. The number of carbonyl (C=O) groups excluding carboxylic acids is 1. The van der Waals surface area contributed by atoms with Crippen LogP contribution in [0, 0.1) is 0 Å². The van der Waals surface area contributed by atoms with E-state index in [1.54, 1.807) is 0 Å². The van der Waals surface area contributed by atoms with E-state index in [1.807, 2.05) is 0 Å². The number of carbonyl (C=O) groups is 1. The zero-order valence-electron chi connectivity index (χ0n) is 12.8. The molecule has 140 valence electrons. The monoisotopic (exact) mass is 379 g/mol.